The van der Waals surface area contributed by atoms with Gasteiger partial charge in [0, 0.05) is 9.79 Å². The highest BCUT2D eigenvalue weighted by Crippen LogP contribution is 2.32. The van der Waals surface area contributed by atoms with E-state index in [1.165, 1.54) is 14.2 Å². The summed E-state index contributed by atoms with van der Waals surface area (Å²) >= 11 is 1.58. The molecule has 21 heavy (non-hydrogen) atoms. The smallest absolute Gasteiger partial charge is 0.341 e. The monoisotopic (exact) mass is 304 g/mol. The Labute approximate surface area is 128 Å². The fraction of sp³-hybridized carbons (Fsp3) is 0.188. The van der Waals surface area contributed by atoms with Gasteiger partial charge < -0.3 is 14.2 Å². The molecule has 0 aromatic heterocycles. The van der Waals surface area contributed by atoms with Crippen molar-refractivity contribution in [2.75, 3.05) is 21.3 Å². The fourth-order valence-electron chi connectivity index (χ4n) is 1.79. The third-order valence-electron chi connectivity index (χ3n) is 2.87. The van der Waals surface area contributed by atoms with Crippen molar-refractivity contribution in [1.82, 2.24) is 0 Å². The molecule has 0 radical (unpaired) electrons. The van der Waals surface area contributed by atoms with E-state index in [-0.39, 0.29) is 0 Å². The van der Waals surface area contributed by atoms with Crippen molar-refractivity contribution in [3.05, 3.63) is 48.0 Å². The molecule has 0 amide bonds. The van der Waals surface area contributed by atoms with E-state index in [0.29, 0.717) is 11.3 Å². The van der Waals surface area contributed by atoms with Gasteiger partial charge in [0.05, 0.1) is 21.3 Å². The normalized spacial score (nSPS) is 10.0. The number of carbonyl (C=O) groups is 1. The van der Waals surface area contributed by atoms with Crippen LogP contribution in [0, 0.1) is 0 Å². The molecule has 0 unspecified atom stereocenters. The fourth-order valence-corrected chi connectivity index (χ4v) is 2.64. The Morgan fingerprint density at radius 3 is 2.14 bits per heavy atom. The van der Waals surface area contributed by atoms with E-state index < -0.39 is 5.97 Å². The number of benzene rings is 2. The van der Waals surface area contributed by atoms with E-state index >= 15 is 0 Å². The van der Waals surface area contributed by atoms with Crippen molar-refractivity contribution in [2.45, 2.75) is 9.79 Å². The predicted molar refractivity (Wildman–Crippen MR) is 81.5 cm³/mol. The molecule has 2 aromatic carbocycles. The first-order valence-electron chi connectivity index (χ1n) is 6.26. The maximum absolute atomic E-state index is 11.6. The van der Waals surface area contributed by atoms with E-state index in [0.717, 1.165) is 15.5 Å². The first-order valence-corrected chi connectivity index (χ1v) is 7.08. The van der Waals surface area contributed by atoms with Crippen LogP contribution in [0.5, 0.6) is 11.5 Å². The van der Waals surface area contributed by atoms with Gasteiger partial charge in [0.15, 0.2) is 0 Å². The number of hydrogen-bond acceptors (Lipinski definition) is 5. The molecule has 110 valence electrons. The molecule has 2 aromatic rings. The van der Waals surface area contributed by atoms with Crippen LogP contribution in [-0.4, -0.2) is 27.3 Å². The highest BCUT2D eigenvalue weighted by molar-refractivity contribution is 7.99. The molecule has 0 atom stereocenters. The highest BCUT2D eigenvalue weighted by Gasteiger charge is 2.13. The molecular weight excluding hydrogens is 288 g/mol. The number of carbonyl (C=O) groups excluding carboxylic acids is 1. The van der Waals surface area contributed by atoms with Gasteiger partial charge in [-0.1, -0.05) is 11.8 Å². The van der Waals surface area contributed by atoms with Crippen molar-refractivity contribution < 1.29 is 19.0 Å². The van der Waals surface area contributed by atoms with Crippen LogP contribution in [-0.2, 0) is 4.74 Å². The molecule has 0 N–H and O–H groups in total. The molecule has 0 fully saturated rings. The van der Waals surface area contributed by atoms with Gasteiger partial charge in [-0.15, -0.1) is 0 Å². The van der Waals surface area contributed by atoms with Crippen LogP contribution < -0.4 is 9.47 Å². The minimum atomic E-state index is -0.409. The number of hydrogen-bond donors (Lipinski definition) is 0. The van der Waals surface area contributed by atoms with Gasteiger partial charge in [-0.25, -0.2) is 4.79 Å². The molecule has 0 spiro atoms. The summed E-state index contributed by atoms with van der Waals surface area (Å²) in [6.45, 7) is 0. The van der Waals surface area contributed by atoms with Crippen LogP contribution in [0.2, 0.25) is 0 Å². The van der Waals surface area contributed by atoms with Crippen molar-refractivity contribution in [2.24, 2.45) is 0 Å². The van der Waals surface area contributed by atoms with Gasteiger partial charge >= 0.3 is 5.97 Å². The zero-order chi connectivity index (χ0) is 15.2. The van der Waals surface area contributed by atoms with Crippen LogP contribution >= 0.6 is 11.8 Å². The maximum Gasteiger partial charge on any atom is 0.341 e. The summed E-state index contributed by atoms with van der Waals surface area (Å²) in [5.41, 5.74) is 0.416. The van der Waals surface area contributed by atoms with Gasteiger partial charge in [-0.05, 0) is 42.5 Å². The molecule has 2 rings (SSSR count). The quantitative estimate of drug-likeness (QED) is 0.789. The third kappa shape index (κ3) is 3.70. The van der Waals surface area contributed by atoms with Crippen LogP contribution in [0.1, 0.15) is 10.4 Å². The summed E-state index contributed by atoms with van der Waals surface area (Å²) in [6, 6.07) is 13.2. The largest absolute Gasteiger partial charge is 0.497 e. The maximum atomic E-state index is 11.6. The lowest BCUT2D eigenvalue weighted by molar-refractivity contribution is 0.0597. The van der Waals surface area contributed by atoms with Gasteiger partial charge in [0.25, 0.3) is 0 Å². The summed E-state index contributed by atoms with van der Waals surface area (Å²) in [5.74, 6) is 0.908. The molecule has 0 aliphatic carbocycles. The Balaban J connectivity index is 2.22. The van der Waals surface area contributed by atoms with Crippen LogP contribution in [0.4, 0.5) is 0 Å². The average molecular weight is 304 g/mol. The Bertz CT molecular complexity index is 623. The van der Waals surface area contributed by atoms with E-state index in [1.807, 2.05) is 36.4 Å². The number of methoxy groups -OCH3 is 3. The molecule has 0 bridgehead atoms. The summed E-state index contributed by atoms with van der Waals surface area (Å²) in [5, 5.41) is 0. The SMILES string of the molecule is COC(=O)c1ccc(Sc2ccc(OC)cc2)cc1OC. The summed E-state index contributed by atoms with van der Waals surface area (Å²) in [6.07, 6.45) is 0. The Kier molecular flexibility index (Phi) is 5.11. The predicted octanol–water partition coefficient (Wildman–Crippen LogP) is 3.64. The van der Waals surface area contributed by atoms with Gasteiger partial charge in [0.1, 0.15) is 17.1 Å². The van der Waals surface area contributed by atoms with Crippen molar-refractivity contribution in [3.8, 4) is 11.5 Å². The number of rotatable bonds is 5. The molecule has 0 saturated carbocycles. The summed E-state index contributed by atoms with van der Waals surface area (Å²) in [4.78, 5) is 13.7. The second-order valence-electron chi connectivity index (χ2n) is 4.13. The topological polar surface area (TPSA) is 44.8 Å². The lowest BCUT2D eigenvalue weighted by Crippen LogP contribution is -2.03. The van der Waals surface area contributed by atoms with E-state index in [1.54, 1.807) is 24.9 Å². The number of esters is 1. The average Bonchev–Trinajstić information content (AvgIpc) is 2.54. The van der Waals surface area contributed by atoms with E-state index in [9.17, 15) is 4.79 Å². The second-order valence-corrected chi connectivity index (χ2v) is 5.28. The standard InChI is InChI=1S/C16H16O4S/c1-18-11-4-6-12(7-5-11)21-13-8-9-14(16(17)20-3)15(10-13)19-2/h4-10H,1-3H3. The Hall–Kier alpha value is -2.14. The third-order valence-corrected chi connectivity index (χ3v) is 3.87. The lowest BCUT2D eigenvalue weighted by Gasteiger charge is -2.09. The highest BCUT2D eigenvalue weighted by atomic mass is 32.2. The zero-order valence-corrected chi connectivity index (χ0v) is 12.9. The van der Waals surface area contributed by atoms with Crippen molar-refractivity contribution >= 4 is 17.7 Å². The van der Waals surface area contributed by atoms with Crippen molar-refractivity contribution in [1.29, 1.82) is 0 Å². The first-order chi connectivity index (χ1) is 10.2. The second kappa shape index (κ2) is 7.04. The van der Waals surface area contributed by atoms with Gasteiger partial charge in [-0.3, -0.25) is 0 Å². The first kappa shape index (κ1) is 15.3. The van der Waals surface area contributed by atoms with Crippen LogP contribution in [0.15, 0.2) is 52.3 Å². The van der Waals surface area contributed by atoms with Gasteiger partial charge in [-0.2, -0.15) is 0 Å². The van der Waals surface area contributed by atoms with Gasteiger partial charge in [0.2, 0.25) is 0 Å². The molecule has 0 aliphatic rings. The molecular formula is C16H16O4S. The van der Waals surface area contributed by atoms with Crippen LogP contribution in [0.25, 0.3) is 0 Å². The summed E-state index contributed by atoms with van der Waals surface area (Å²) in [7, 11) is 4.52. The minimum Gasteiger partial charge on any atom is -0.497 e. The molecule has 0 heterocycles. The minimum absolute atomic E-state index is 0.409. The Morgan fingerprint density at radius 1 is 0.905 bits per heavy atom. The number of ether oxygens (including phenoxy) is 3. The Morgan fingerprint density at radius 2 is 1.57 bits per heavy atom. The van der Waals surface area contributed by atoms with E-state index in [4.69, 9.17) is 14.2 Å². The summed E-state index contributed by atoms with van der Waals surface area (Å²) < 4.78 is 15.1. The van der Waals surface area contributed by atoms with Crippen molar-refractivity contribution in [3.63, 3.8) is 0 Å². The molecule has 0 aliphatic heterocycles. The van der Waals surface area contributed by atoms with E-state index in [2.05, 4.69) is 0 Å². The molecule has 4 nitrogen and oxygen atoms in total. The molecule has 5 heteroatoms. The van der Waals surface area contributed by atoms with Crippen LogP contribution in [0.3, 0.4) is 0 Å². The zero-order valence-electron chi connectivity index (χ0n) is 12.1. The lowest BCUT2D eigenvalue weighted by atomic mass is 10.2. The molecule has 0 saturated heterocycles.